The highest BCUT2D eigenvalue weighted by Crippen LogP contribution is 2.43. The first-order valence-corrected chi connectivity index (χ1v) is 11.0. The van der Waals surface area contributed by atoms with Crippen LogP contribution in [0.3, 0.4) is 0 Å². The molecule has 1 fully saturated rings. The highest BCUT2D eigenvalue weighted by molar-refractivity contribution is 5.86. The Hall–Kier alpha value is -2.68. The molecule has 1 saturated carbocycles. The smallest absolute Gasteiger partial charge is 0.303 e. The van der Waals surface area contributed by atoms with Gasteiger partial charge in [-0.3, -0.25) is 4.79 Å². The van der Waals surface area contributed by atoms with Crippen LogP contribution < -0.4 is 0 Å². The van der Waals surface area contributed by atoms with E-state index in [-0.39, 0.29) is 12.2 Å². The molecule has 4 rings (SSSR count). The minimum absolute atomic E-state index is 0.144. The Morgan fingerprint density at radius 3 is 2.50 bits per heavy atom. The van der Waals surface area contributed by atoms with E-state index in [0.717, 1.165) is 17.4 Å². The number of carboxylic acid groups (broad SMARTS) is 1. The van der Waals surface area contributed by atoms with Crippen molar-refractivity contribution in [1.82, 2.24) is 0 Å². The van der Waals surface area contributed by atoms with Gasteiger partial charge in [0, 0.05) is 11.8 Å². The lowest BCUT2D eigenvalue weighted by Crippen LogP contribution is -2.04. The summed E-state index contributed by atoms with van der Waals surface area (Å²) in [4.78, 5) is 10.7. The van der Waals surface area contributed by atoms with Gasteiger partial charge in [-0.15, -0.1) is 0 Å². The molecule has 0 aliphatic heterocycles. The Balaban J connectivity index is 1.39. The van der Waals surface area contributed by atoms with Crippen molar-refractivity contribution in [2.24, 2.45) is 5.92 Å². The van der Waals surface area contributed by atoms with Crippen molar-refractivity contribution < 1.29 is 14.3 Å². The first-order valence-electron chi connectivity index (χ1n) is 11.0. The summed E-state index contributed by atoms with van der Waals surface area (Å²) in [7, 11) is 0. The fourth-order valence-electron chi connectivity index (χ4n) is 5.14. The molecule has 156 valence electrons. The lowest BCUT2D eigenvalue weighted by Gasteiger charge is -2.19. The summed E-state index contributed by atoms with van der Waals surface area (Å²) < 4.78 is 14.2. The van der Waals surface area contributed by atoms with Crippen LogP contribution in [0.5, 0.6) is 0 Å². The molecule has 3 aromatic rings. The molecule has 0 bridgehead atoms. The predicted molar refractivity (Wildman–Crippen MR) is 119 cm³/mol. The number of hydrogen-bond acceptors (Lipinski definition) is 1. The Kier molecular flexibility index (Phi) is 6.17. The fraction of sp³-hybridized carbons (Fsp3) is 0.370. The molecular weight excluding hydrogens is 375 g/mol. The fourth-order valence-corrected chi connectivity index (χ4v) is 5.14. The largest absolute Gasteiger partial charge is 0.481 e. The number of hydrogen-bond donors (Lipinski definition) is 1. The molecule has 0 aromatic heterocycles. The number of fused-ring (bicyclic) bond motifs is 1. The molecule has 0 spiro atoms. The van der Waals surface area contributed by atoms with Crippen LogP contribution in [0.1, 0.15) is 67.6 Å². The van der Waals surface area contributed by atoms with Crippen LogP contribution in [0.25, 0.3) is 10.8 Å². The van der Waals surface area contributed by atoms with Crippen molar-refractivity contribution >= 4 is 16.7 Å². The Morgan fingerprint density at radius 1 is 1.03 bits per heavy atom. The van der Waals surface area contributed by atoms with E-state index in [9.17, 15) is 9.18 Å². The summed E-state index contributed by atoms with van der Waals surface area (Å²) in [6.07, 6.45) is 5.53. The van der Waals surface area contributed by atoms with Gasteiger partial charge in [0.25, 0.3) is 0 Å². The molecule has 3 heteroatoms. The van der Waals surface area contributed by atoms with Crippen LogP contribution in [-0.4, -0.2) is 11.1 Å². The third-order valence-corrected chi connectivity index (χ3v) is 6.74. The van der Waals surface area contributed by atoms with Crippen LogP contribution in [0.15, 0.2) is 60.7 Å². The molecular formula is C27H29FO2. The van der Waals surface area contributed by atoms with Gasteiger partial charge in [0.05, 0.1) is 0 Å². The second-order valence-corrected chi connectivity index (χ2v) is 8.83. The average molecular weight is 405 g/mol. The zero-order valence-corrected chi connectivity index (χ0v) is 17.5. The lowest BCUT2D eigenvalue weighted by molar-refractivity contribution is -0.136. The Bertz CT molecular complexity index is 1020. The van der Waals surface area contributed by atoms with E-state index in [2.05, 4.69) is 31.2 Å². The number of rotatable bonds is 7. The molecule has 0 heterocycles. The summed E-state index contributed by atoms with van der Waals surface area (Å²) in [6.45, 7) is 2.27. The van der Waals surface area contributed by atoms with Gasteiger partial charge in [-0.25, -0.2) is 4.39 Å². The SMILES string of the molecule is C[C@@H](CC1CCC(c2ccc(CCC(=O)O)cc2)C1)c1ccc(F)c2ccccc12. The standard InChI is InChI=1S/C27H29FO2/c1-18(23-13-14-26(28)25-5-3-2-4-24(23)25)16-20-8-12-22(17-20)21-10-6-19(7-11-21)9-15-27(29)30/h2-7,10-11,13-14,18,20,22H,8-9,12,15-17H2,1H3,(H,29,30)/t18-,20?,22?/m0/s1. The second-order valence-electron chi connectivity index (χ2n) is 8.83. The topological polar surface area (TPSA) is 37.3 Å². The molecule has 3 atom stereocenters. The Labute approximate surface area is 177 Å². The minimum Gasteiger partial charge on any atom is -0.481 e. The number of benzene rings is 3. The zero-order chi connectivity index (χ0) is 21.1. The number of carbonyl (C=O) groups is 1. The van der Waals surface area contributed by atoms with E-state index in [0.29, 0.717) is 29.6 Å². The molecule has 2 unspecified atom stereocenters. The average Bonchev–Trinajstić information content (AvgIpc) is 3.21. The predicted octanol–water partition coefficient (Wildman–Crippen LogP) is 7.07. The van der Waals surface area contributed by atoms with Crippen molar-refractivity contribution in [3.8, 4) is 0 Å². The number of aryl methyl sites for hydroxylation is 1. The second kappa shape index (κ2) is 8.99. The van der Waals surface area contributed by atoms with E-state index >= 15 is 0 Å². The van der Waals surface area contributed by atoms with Crippen LogP contribution >= 0.6 is 0 Å². The molecule has 1 N–H and O–H groups in total. The maximum absolute atomic E-state index is 14.2. The maximum Gasteiger partial charge on any atom is 0.303 e. The van der Waals surface area contributed by atoms with Crippen molar-refractivity contribution in [1.29, 1.82) is 0 Å². The molecule has 0 amide bonds. The lowest BCUT2D eigenvalue weighted by atomic mass is 9.86. The third-order valence-electron chi connectivity index (χ3n) is 6.74. The molecule has 0 saturated heterocycles. The summed E-state index contributed by atoms with van der Waals surface area (Å²) in [5.74, 6) is 0.772. The van der Waals surface area contributed by atoms with Crippen LogP contribution in [-0.2, 0) is 11.2 Å². The van der Waals surface area contributed by atoms with Crippen LogP contribution in [0.2, 0.25) is 0 Å². The van der Waals surface area contributed by atoms with E-state index in [1.165, 1.54) is 30.4 Å². The van der Waals surface area contributed by atoms with Crippen molar-refractivity contribution in [2.45, 2.75) is 57.3 Å². The highest BCUT2D eigenvalue weighted by atomic mass is 19.1. The number of aliphatic carboxylic acids is 1. The van der Waals surface area contributed by atoms with Gasteiger partial charge in [0.15, 0.2) is 0 Å². The molecule has 2 nitrogen and oxygen atoms in total. The van der Waals surface area contributed by atoms with Gasteiger partial charge in [-0.2, -0.15) is 0 Å². The minimum atomic E-state index is -0.749. The molecule has 3 aromatic carbocycles. The first-order chi connectivity index (χ1) is 14.5. The Morgan fingerprint density at radius 2 is 1.77 bits per heavy atom. The number of carboxylic acids is 1. The molecule has 0 radical (unpaired) electrons. The van der Waals surface area contributed by atoms with Gasteiger partial charge >= 0.3 is 5.97 Å². The van der Waals surface area contributed by atoms with Crippen LogP contribution in [0.4, 0.5) is 4.39 Å². The van der Waals surface area contributed by atoms with Gasteiger partial charge in [-0.05, 0) is 78.0 Å². The van der Waals surface area contributed by atoms with E-state index < -0.39 is 5.97 Å². The van der Waals surface area contributed by atoms with E-state index in [1.807, 2.05) is 30.3 Å². The quantitative estimate of drug-likeness (QED) is 0.457. The highest BCUT2D eigenvalue weighted by Gasteiger charge is 2.27. The van der Waals surface area contributed by atoms with Gasteiger partial charge in [-0.1, -0.05) is 61.5 Å². The van der Waals surface area contributed by atoms with Crippen molar-refractivity contribution in [3.05, 3.63) is 83.2 Å². The normalized spacial score (nSPS) is 19.8. The van der Waals surface area contributed by atoms with Gasteiger partial charge in [0.1, 0.15) is 5.82 Å². The molecule has 1 aliphatic carbocycles. The molecule has 30 heavy (non-hydrogen) atoms. The number of halogens is 1. The summed E-state index contributed by atoms with van der Waals surface area (Å²) >= 11 is 0. The van der Waals surface area contributed by atoms with E-state index in [1.54, 1.807) is 6.07 Å². The molecule has 1 aliphatic rings. The third kappa shape index (κ3) is 4.56. The summed E-state index contributed by atoms with van der Waals surface area (Å²) in [5, 5.41) is 10.6. The monoisotopic (exact) mass is 404 g/mol. The summed E-state index contributed by atoms with van der Waals surface area (Å²) in [5.41, 5.74) is 3.71. The van der Waals surface area contributed by atoms with Gasteiger partial charge < -0.3 is 5.11 Å². The van der Waals surface area contributed by atoms with Crippen molar-refractivity contribution in [2.75, 3.05) is 0 Å². The van der Waals surface area contributed by atoms with E-state index in [4.69, 9.17) is 5.11 Å². The van der Waals surface area contributed by atoms with Crippen molar-refractivity contribution in [3.63, 3.8) is 0 Å². The maximum atomic E-state index is 14.2. The first kappa shape index (κ1) is 20.6. The van der Waals surface area contributed by atoms with Crippen LogP contribution in [0, 0.1) is 11.7 Å². The van der Waals surface area contributed by atoms with Gasteiger partial charge in [0.2, 0.25) is 0 Å². The zero-order valence-electron chi connectivity index (χ0n) is 17.5. The summed E-state index contributed by atoms with van der Waals surface area (Å²) in [6, 6.07) is 19.9.